The first-order valence-corrected chi connectivity index (χ1v) is 10.8. The standard InChI is InChI=1S/C24H27F2N5O3/c1-30(2)12-3-4-13-34-24(33)28-18-7-5-6-17(14-18)16-31-23(32)11-10-22(29-31)27-19-8-9-20(25)21(26)15-19/h5-11,14-15H,3-4,12-13,16H2,1-2H3,(H,27,29)(H,28,33). The van der Waals surface area contributed by atoms with E-state index in [0.29, 0.717) is 18.0 Å². The van der Waals surface area contributed by atoms with Crippen LogP contribution in [0.1, 0.15) is 18.4 Å². The van der Waals surface area contributed by atoms with Gasteiger partial charge in [-0.3, -0.25) is 10.1 Å². The van der Waals surface area contributed by atoms with Gasteiger partial charge in [-0.25, -0.2) is 18.3 Å². The zero-order chi connectivity index (χ0) is 24.5. The molecule has 2 aromatic carbocycles. The van der Waals surface area contributed by atoms with Crippen molar-refractivity contribution < 1.29 is 18.3 Å². The number of carbonyl (C=O) groups is 1. The molecule has 0 fully saturated rings. The highest BCUT2D eigenvalue weighted by Crippen LogP contribution is 2.17. The Labute approximate surface area is 196 Å². The molecule has 0 atom stereocenters. The summed E-state index contributed by atoms with van der Waals surface area (Å²) in [7, 11) is 3.98. The Morgan fingerprint density at radius 2 is 1.85 bits per heavy atom. The topological polar surface area (TPSA) is 88.5 Å². The van der Waals surface area contributed by atoms with Gasteiger partial charge in [-0.1, -0.05) is 12.1 Å². The quantitative estimate of drug-likeness (QED) is 0.431. The van der Waals surface area contributed by atoms with Crippen molar-refractivity contribution >= 4 is 23.3 Å². The molecule has 1 aromatic heterocycles. The van der Waals surface area contributed by atoms with E-state index >= 15 is 0 Å². The summed E-state index contributed by atoms with van der Waals surface area (Å²) in [5.74, 6) is -1.65. The fourth-order valence-electron chi connectivity index (χ4n) is 3.12. The van der Waals surface area contributed by atoms with Crippen molar-refractivity contribution in [1.82, 2.24) is 14.7 Å². The van der Waals surface area contributed by atoms with Crippen molar-refractivity contribution in [3.63, 3.8) is 0 Å². The van der Waals surface area contributed by atoms with E-state index in [0.717, 1.165) is 37.1 Å². The minimum atomic E-state index is -0.991. The lowest BCUT2D eigenvalue weighted by Gasteiger charge is -2.11. The van der Waals surface area contributed by atoms with Crippen molar-refractivity contribution in [2.45, 2.75) is 19.4 Å². The van der Waals surface area contributed by atoms with Crippen LogP contribution in [0.5, 0.6) is 0 Å². The van der Waals surface area contributed by atoms with E-state index in [9.17, 15) is 18.4 Å². The number of hydrogen-bond acceptors (Lipinski definition) is 6. The van der Waals surface area contributed by atoms with Crippen LogP contribution >= 0.6 is 0 Å². The predicted molar refractivity (Wildman–Crippen MR) is 126 cm³/mol. The molecule has 8 nitrogen and oxygen atoms in total. The Bertz CT molecular complexity index is 1180. The number of nitrogens with one attached hydrogen (secondary N) is 2. The molecule has 0 aliphatic carbocycles. The minimum absolute atomic E-state index is 0.140. The molecular formula is C24H27F2N5O3. The van der Waals surface area contributed by atoms with E-state index in [2.05, 4.69) is 20.6 Å². The summed E-state index contributed by atoms with van der Waals surface area (Å²) in [5.41, 5.74) is 1.21. The lowest BCUT2D eigenvalue weighted by atomic mass is 10.2. The number of ether oxygens (including phenoxy) is 1. The zero-order valence-corrected chi connectivity index (χ0v) is 19.1. The van der Waals surface area contributed by atoms with Gasteiger partial charge in [0.05, 0.1) is 13.2 Å². The van der Waals surface area contributed by atoms with Crippen molar-refractivity contribution in [3.8, 4) is 0 Å². The van der Waals surface area contributed by atoms with Crippen LogP contribution in [0.3, 0.4) is 0 Å². The second-order valence-corrected chi connectivity index (χ2v) is 7.94. The summed E-state index contributed by atoms with van der Waals surface area (Å²) in [6.07, 6.45) is 1.16. The van der Waals surface area contributed by atoms with Crippen molar-refractivity contribution in [1.29, 1.82) is 0 Å². The van der Waals surface area contributed by atoms with Crippen molar-refractivity contribution in [2.24, 2.45) is 0 Å². The van der Waals surface area contributed by atoms with Crippen LogP contribution in [0, 0.1) is 11.6 Å². The molecule has 0 saturated heterocycles. The van der Waals surface area contributed by atoms with E-state index in [-0.39, 0.29) is 17.9 Å². The van der Waals surface area contributed by atoms with Gasteiger partial charge in [-0.2, -0.15) is 5.10 Å². The molecule has 0 radical (unpaired) electrons. The van der Waals surface area contributed by atoms with E-state index in [4.69, 9.17) is 4.74 Å². The van der Waals surface area contributed by atoms with Gasteiger partial charge >= 0.3 is 6.09 Å². The van der Waals surface area contributed by atoms with Crippen LogP contribution in [-0.4, -0.2) is 48.0 Å². The lowest BCUT2D eigenvalue weighted by molar-refractivity contribution is 0.158. The Morgan fingerprint density at radius 3 is 2.62 bits per heavy atom. The Morgan fingerprint density at radius 1 is 1.03 bits per heavy atom. The molecule has 0 aliphatic rings. The van der Waals surface area contributed by atoms with Gasteiger partial charge in [0.15, 0.2) is 17.5 Å². The summed E-state index contributed by atoms with van der Waals surface area (Å²) < 4.78 is 33.0. The van der Waals surface area contributed by atoms with Crippen LogP contribution in [-0.2, 0) is 11.3 Å². The molecule has 0 aliphatic heterocycles. The highest BCUT2D eigenvalue weighted by atomic mass is 19.2. The van der Waals surface area contributed by atoms with E-state index in [1.165, 1.54) is 22.9 Å². The van der Waals surface area contributed by atoms with Gasteiger partial charge in [-0.05, 0) is 69.4 Å². The number of rotatable bonds is 10. The molecule has 10 heteroatoms. The highest BCUT2D eigenvalue weighted by Gasteiger charge is 2.08. The number of hydrogen-bond donors (Lipinski definition) is 2. The monoisotopic (exact) mass is 471 g/mol. The van der Waals surface area contributed by atoms with Crippen LogP contribution in [0.4, 0.5) is 30.8 Å². The number of anilines is 3. The second-order valence-electron chi connectivity index (χ2n) is 7.94. The Balaban J connectivity index is 1.60. The summed E-state index contributed by atoms with van der Waals surface area (Å²) in [5, 5.41) is 9.76. The van der Waals surface area contributed by atoms with Crippen molar-refractivity contribution in [2.75, 3.05) is 37.9 Å². The van der Waals surface area contributed by atoms with Gasteiger partial charge in [0.2, 0.25) is 0 Å². The number of amides is 1. The maximum Gasteiger partial charge on any atom is 0.411 e. The third-order valence-corrected chi connectivity index (χ3v) is 4.80. The predicted octanol–water partition coefficient (Wildman–Crippen LogP) is 4.20. The van der Waals surface area contributed by atoms with E-state index < -0.39 is 17.7 Å². The number of benzene rings is 2. The zero-order valence-electron chi connectivity index (χ0n) is 19.1. The van der Waals surface area contributed by atoms with Crippen LogP contribution in [0.25, 0.3) is 0 Å². The molecule has 0 bridgehead atoms. The summed E-state index contributed by atoms with van der Waals surface area (Å²) in [6.45, 7) is 1.40. The molecule has 2 N–H and O–H groups in total. The molecule has 0 unspecified atom stereocenters. The third kappa shape index (κ3) is 7.66. The lowest BCUT2D eigenvalue weighted by Crippen LogP contribution is -2.23. The summed E-state index contributed by atoms with van der Waals surface area (Å²) >= 11 is 0. The first-order valence-electron chi connectivity index (χ1n) is 10.8. The SMILES string of the molecule is CN(C)CCCCOC(=O)Nc1cccc(Cn2nc(Nc3ccc(F)c(F)c3)ccc2=O)c1. The maximum absolute atomic E-state index is 13.4. The average Bonchev–Trinajstić information content (AvgIpc) is 2.78. The molecule has 3 aromatic rings. The minimum Gasteiger partial charge on any atom is -0.449 e. The van der Waals surface area contributed by atoms with Gasteiger partial charge in [0.1, 0.15) is 0 Å². The number of unbranched alkanes of at least 4 members (excludes halogenated alkanes) is 1. The average molecular weight is 472 g/mol. The smallest absolute Gasteiger partial charge is 0.411 e. The van der Waals surface area contributed by atoms with Gasteiger partial charge in [-0.15, -0.1) is 0 Å². The Kier molecular flexibility index (Phi) is 8.69. The van der Waals surface area contributed by atoms with E-state index in [1.54, 1.807) is 24.3 Å². The van der Waals surface area contributed by atoms with Crippen molar-refractivity contribution in [3.05, 3.63) is 82.1 Å². The number of aromatic nitrogens is 2. The molecule has 1 amide bonds. The molecule has 0 spiro atoms. The maximum atomic E-state index is 13.4. The molecule has 1 heterocycles. The molecule has 180 valence electrons. The summed E-state index contributed by atoms with van der Waals surface area (Å²) in [6, 6.07) is 13.1. The Hall–Kier alpha value is -3.79. The first kappa shape index (κ1) is 24.8. The second kappa shape index (κ2) is 11.9. The van der Waals surface area contributed by atoms with Crippen LogP contribution in [0.15, 0.2) is 59.4 Å². The van der Waals surface area contributed by atoms with E-state index in [1.807, 2.05) is 14.1 Å². The fourth-order valence-corrected chi connectivity index (χ4v) is 3.12. The molecule has 3 rings (SSSR count). The number of halogens is 2. The molecule has 0 saturated carbocycles. The van der Waals surface area contributed by atoms with Crippen LogP contribution in [0.2, 0.25) is 0 Å². The number of nitrogens with zero attached hydrogens (tertiary/aromatic N) is 3. The fraction of sp³-hybridized carbons (Fsp3) is 0.292. The third-order valence-electron chi connectivity index (χ3n) is 4.80. The normalized spacial score (nSPS) is 10.9. The first-order chi connectivity index (χ1) is 16.3. The molecule has 34 heavy (non-hydrogen) atoms. The van der Waals surface area contributed by atoms with Gasteiger partial charge in [0.25, 0.3) is 5.56 Å². The number of carbonyl (C=O) groups excluding carboxylic acids is 1. The van der Waals surface area contributed by atoms with Gasteiger partial charge in [0, 0.05) is 23.5 Å². The summed E-state index contributed by atoms with van der Waals surface area (Å²) in [4.78, 5) is 26.4. The van der Waals surface area contributed by atoms with Gasteiger partial charge < -0.3 is 15.0 Å². The molecular weight excluding hydrogens is 444 g/mol. The highest BCUT2D eigenvalue weighted by molar-refractivity contribution is 5.84. The van der Waals surface area contributed by atoms with Crippen LogP contribution < -0.4 is 16.2 Å². The largest absolute Gasteiger partial charge is 0.449 e.